The van der Waals surface area contributed by atoms with E-state index >= 15 is 0 Å². The first kappa shape index (κ1) is 19.2. The number of rotatable bonds is 7. The van der Waals surface area contributed by atoms with Crippen molar-refractivity contribution in [1.29, 1.82) is 0 Å². The quantitative estimate of drug-likeness (QED) is 0.599. The van der Waals surface area contributed by atoms with Crippen LogP contribution in [0, 0.1) is 0 Å². The third kappa shape index (κ3) is 4.27. The van der Waals surface area contributed by atoms with Crippen LogP contribution in [0.15, 0.2) is 82.5 Å². The van der Waals surface area contributed by atoms with E-state index in [1.54, 1.807) is 24.4 Å². The molecule has 0 bridgehead atoms. The molecule has 0 saturated heterocycles. The maximum Gasteiger partial charge on any atom is 0.239 e. The Kier molecular flexibility index (Phi) is 5.76. The second kappa shape index (κ2) is 7.81. The average Bonchev–Trinajstić information content (AvgIpc) is 2.64. The van der Waals surface area contributed by atoms with Gasteiger partial charge in [-0.3, -0.25) is 15.0 Å². The van der Waals surface area contributed by atoms with Gasteiger partial charge in [-0.15, -0.1) is 0 Å². The summed E-state index contributed by atoms with van der Waals surface area (Å²) in [6.07, 6.45) is 5.94. The lowest BCUT2D eigenvalue weighted by atomic mass is 9.95. The molecule has 132 valence electrons. The number of pyridine rings is 1. The summed E-state index contributed by atoms with van der Waals surface area (Å²) < 4.78 is 23.1. The number of hydrogen-bond acceptors (Lipinski definition) is 5. The fraction of sp³-hybridized carbons (Fsp3) is 0. The minimum atomic E-state index is -3.84. The van der Waals surface area contributed by atoms with Crippen LogP contribution in [-0.4, -0.2) is 26.8 Å². The zero-order valence-electron chi connectivity index (χ0n) is 14.1. The molecule has 0 atom stereocenters. The Balaban J connectivity index is 2.56. The Hall–Kier alpha value is -3.16. The van der Waals surface area contributed by atoms with Crippen LogP contribution in [0.5, 0.6) is 0 Å². The number of primary sulfonamides is 1. The molecule has 0 aliphatic rings. The van der Waals surface area contributed by atoms with Gasteiger partial charge in [0.05, 0.1) is 5.69 Å². The second-order valence-electron chi connectivity index (χ2n) is 5.35. The predicted octanol–water partition coefficient (Wildman–Crippen LogP) is 3.51. The van der Waals surface area contributed by atoms with Gasteiger partial charge in [-0.1, -0.05) is 19.2 Å². The van der Waals surface area contributed by atoms with E-state index in [2.05, 4.69) is 41.6 Å². The SMILES string of the molecule is C=N/C=C\C(=C)C(=C)c1cc(-c2cncc(S(N)(=O)=O)c2)ccc1N=C. The van der Waals surface area contributed by atoms with Crippen LogP contribution < -0.4 is 5.14 Å². The number of aromatic nitrogens is 1. The van der Waals surface area contributed by atoms with Gasteiger partial charge in [-0.2, -0.15) is 0 Å². The van der Waals surface area contributed by atoms with E-state index in [4.69, 9.17) is 5.14 Å². The van der Waals surface area contributed by atoms with Crippen molar-refractivity contribution >= 4 is 34.7 Å². The van der Waals surface area contributed by atoms with Crippen molar-refractivity contribution in [3.05, 3.63) is 73.2 Å². The van der Waals surface area contributed by atoms with Gasteiger partial charge < -0.3 is 0 Å². The number of aliphatic imine (C=N–C) groups is 2. The van der Waals surface area contributed by atoms with Gasteiger partial charge in [0.2, 0.25) is 10.0 Å². The van der Waals surface area contributed by atoms with Gasteiger partial charge in [0.25, 0.3) is 0 Å². The molecule has 2 rings (SSSR count). The highest BCUT2D eigenvalue weighted by Crippen LogP contribution is 2.34. The maximum absolute atomic E-state index is 11.5. The zero-order chi connectivity index (χ0) is 19.3. The van der Waals surface area contributed by atoms with Crippen molar-refractivity contribution in [3.8, 4) is 11.1 Å². The molecule has 1 aromatic carbocycles. The number of hydrogen-bond donors (Lipinski definition) is 1. The molecule has 6 nitrogen and oxygen atoms in total. The lowest BCUT2D eigenvalue weighted by molar-refractivity contribution is 0.597. The average molecular weight is 366 g/mol. The highest BCUT2D eigenvalue weighted by atomic mass is 32.2. The summed E-state index contributed by atoms with van der Waals surface area (Å²) in [6.45, 7) is 14.9. The van der Waals surface area contributed by atoms with E-state index in [-0.39, 0.29) is 4.90 Å². The van der Waals surface area contributed by atoms with E-state index in [0.29, 0.717) is 28.0 Å². The van der Waals surface area contributed by atoms with Gasteiger partial charge in [-0.25, -0.2) is 13.6 Å². The Labute approximate surface area is 152 Å². The fourth-order valence-electron chi connectivity index (χ4n) is 2.24. The Bertz CT molecular complexity index is 1040. The van der Waals surface area contributed by atoms with Crippen molar-refractivity contribution in [3.63, 3.8) is 0 Å². The van der Waals surface area contributed by atoms with Crippen LogP contribution in [0.2, 0.25) is 0 Å². The molecule has 0 aliphatic heterocycles. The maximum atomic E-state index is 11.5. The molecule has 0 spiro atoms. The minimum Gasteiger partial charge on any atom is -0.272 e. The lowest BCUT2D eigenvalue weighted by Crippen LogP contribution is -2.12. The molecular formula is C19H18N4O2S. The molecule has 2 aromatic rings. The van der Waals surface area contributed by atoms with Gasteiger partial charge >= 0.3 is 0 Å². The van der Waals surface area contributed by atoms with E-state index in [0.717, 1.165) is 5.56 Å². The molecule has 2 N–H and O–H groups in total. The van der Waals surface area contributed by atoms with Crippen LogP contribution in [0.1, 0.15) is 5.56 Å². The number of nitrogens with two attached hydrogens (primary N) is 1. The van der Waals surface area contributed by atoms with E-state index < -0.39 is 10.0 Å². The second-order valence-corrected chi connectivity index (χ2v) is 6.91. The summed E-state index contributed by atoms with van der Waals surface area (Å²) in [5.41, 5.74) is 3.91. The topological polar surface area (TPSA) is 97.8 Å². The predicted molar refractivity (Wildman–Crippen MR) is 107 cm³/mol. The number of nitrogens with zero attached hydrogens (tertiary/aromatic N) is 3. The molecule has 26 heavy (non-hydrogen) atoms. The largest absolute Gasteiger partial charge is 0.272 e. The van der Waals surface area contributed by atoms with Crippen LogP contribution >= 0.6 is 0 Å². The standard InChI is InChI=1S/C19H18N4O2S/c1-13(7-8-21-3)14(2)18-10-15(5-6-19(18)22-4)16-9-17(12-23-11-16)26(20,24)25/h5-12H,1-4H2,(H2,20,24,25)/b8-7-. The van der Waals surface area contributed by atoms with Gasteiger partial charge in [0, 0.05) is 29.7 Å². The normalized spacial score (nSPS) is 11.3. The van der Waals surface area contributed by atoms with Gasteiger partial charge in [0.1, 0.15) is 4.90 Å². The van der Waals surface area contributed by atoms with Crippen molar-refractivity contribution < 1.29 is 8.42 Å². The number of allylic oxidation sites excluding steroid dienone is 3. The van der Waals surface area contributed by atoms with Crippen molar-refractivity contribution in [2.24, 2.45) is 15.1 Å². The first-order chi connectivity index (χ1) is 12.3. The van der Waals surface area contributed by atoms with Crippen LogP contribution in [-0.2, 0) is 10.0 Å². The molecular weight excluding hydrogens is 348 g/mol. The minimum absolute atomic E-state index is 0.0642. The summed E-state index contributed by atoms with van der Waals surface area (Å²) in [6, 6.07) is 6.82. The fourth-order valence-corrected chi connectivity index (χ4v) is 2.74. The number of sulfonamides is 1. The highest BCUT2D eigenvalue weighted by Gasteiger charge is 2.13. The molecule has 0 amide bonds. The molecule has 1 heterocycles. The summed E-state index contributed by atoms with van der Waals surface area (Å²) in [5.74, 6) is 0. The van der Waals surface area contributed by atoms with Crippen LogP contribution in [0.25, 0.3) is 16.7 Å². The number of benzene rings is 1. The molecule has 0 aliphatic carbocycles. The van der Waals surface area contributed by atoms with E-state index in [9.17, 15) is 8.42 Å². The van der Waals surface area contributed by atoms with Crippen LogP contribution in [0.4, 0.5) is 5.69 Å². The third-order valence-electron chi connectivity index (χ3n) is 3.64. The molecule has 0 fully saturated rings. The van der Waals surface area contributed by atoms with E-state index in [1.165, 1.54) is 18.5 Å². The Morgan fingerprint density at radius 2 is 1.85 bits per heavy atom. The Morgan fingerprint density at radius 3 is 2.46 bits per heavy atom. The highest BCUT2D eigenvalue weighted by molar-refractivity contribution is 7.89. The van der Waals surface area contributed by atoms with Crippen molar-refractivity contribution in [2.75, 3.05) is 0 Å². The molecule has 1 aromatic heterocycles. The summed E-state index contributed by atoms with van der Waals surface area (Å²) in [7, 11) is -3.84. The monoisotopic (exact) mass is 366 g/mol. The van der Waals surface area contributed by atoms with Crippen molar-refractivity contribution in [1.82, 2.24) is 4.98 Å². The van der Waals surface area contributed by atoms with Gasteiger partial charge in [-0.05, 0) is 54.4 Å². The summed E-state index contributed by atoms with van der Waals surface area (Å²) in [4.78, 5) is 11.5. The lowest BCUT2D eigenvalue weighted by Gasteiger charge is -2.12. The summed E-state index contributed by atoms with van der Waals surface area (Å²) >= 11 is 0. The van der Waals surface area contributed by atoms with Gasteiger partial charge in [0.15, 0.2) is 0 Å². The Morgan fingerprint density at radius 1 is 1.12 bits per heavy atom. The smallest absolute Gasteiger partial charge is 0.239 e. The zero-order valence-corrected chi connectivity index (χ0v) is 14.9. The first-order valence-electron chi connectivity index (χ1n) is 7.38. The molecule has 0 radical (unpaired) electrons. The third-order valence-corrected chi connectivity index (χ3v) is 4.52. The van der Waals surface area contributed by atoms with E-state index in [1.807, 2.05) is 6.07 Å². The molecule has 7 heteroatoms. The molecule has 0 saturated carbocycles. The first-order valence-corrected chi connectivity index (χ1v) is 8.92. The van der Waals surface area contributed by atoms with Crippen molar-refractivity contribution in [2.45, 2.75) is 4.90 Å². The summed E-state index contributed by atoms with van der Waals surface area (Å²) in [5, 5.41) is 5.18. The van der Waals surface area contributed by atoms with Crippen LogP contribution in [0.3, 0.4) is 0 Å². The molecule has 0 unspecified atom stereocenters.